The molecule has 2 unspecified atom stereocenters. The lowest BCUT2D eigenvalue weighted by Gasteiger charge is -2.23. The Morgan fingerprint density at radius 3 is 2.67 bits per heavy atom. The van der Waals surface area contributed by atoms with E-state index >= 15 is 0 Å². The second kappa shape index (κ2) is 3.96. The lowest BCUT2D eigenvalue weighted by Crippen LogP contribution is -2.25. The summed E-state index contributed by atoms with van der Waals surface area (Å²) in [5.74, 6) is 0. The normalized spacial score (nSPS) is 35.6. The zero-order valence-electron chi connectivity index (χ0n) is 8.77. The summed E-state index contributed by atoms with van der Waals surface area (Å²) < 4.78 is 11.1. The van der Waals surface area contributed by atoms with Crippen LogP contribution in [-0.4, -0.2) is 13.7 Å². The predicted molar refractivity (Wildman–Crippen MR) is 64.2 cm³/mol. The first-order valence-corrected chi connectivity index (χ1v) is 7.39. The highest BCUT2D eigenvalue weighted by Crippen LogP contribution is 2.55. The highest BCUT2D eigenvalue weighted by atomic mass is 32.5. The van der Waals surface area contributed by atoms with E-state index in [2.05, 4.69) is 5.09 Å². The van der Waals surface area contributed by atoms with Crippen molar-refractivity contribution in [2.24, 2.45) is 0 Å². The Bertz CT molecular complexity index is 398. The molecule has 82 valence electrons. The van der Waals surface area contributed by atoms with Crippen LogP contribution >= 0.6 is 6.64 Å². The van der Waals surface area contributed by atoms with Gasteiger partial charge in [-0.1, -0.05) is 30.3 Å². The maximum atomic E-state index is 5.86. The van der Waals surface area contributed by atoms with Gasteiger partial charge in [0.15, 0.2) is 0 Å². The van der Waals surface area contributed by atoms with E-state index in [-0.39, 0.29) is 5.60 Å². The Kier molecular flexibility index (Phi) is 2.97. The van der Waals surface area contributed by atoms with Gasteiger partial charge in [-0.25, -0.2) is 5.09 Å². The minimum absolute atomic E-state index is 0.368. The molecule has 1 aromatic rings. The first kappa shape index (κ1) is 11.2. The molecule has 15 heavy (non-hydrogen) atoms. The van der Waals surface area contributed by atoms with Crippen molar-refractivity contribution in [2.75, 3.05) is 13.7 Å². The van der Waals surface area contributed by atoms with Gasteiger partial charge in [0.2, 0.25) is 0 Å². The zero-order valence-corrected chi connectivity index (χ0v) is 10.5. The molecule has 0 aliphatic carbocycles. The Hall–Kier alpha value is -0.250. The van der Waals surface area contributed by atoms with E-state index in [0.717, 1.165) is 5.56 Å². The van der Waals surface area contributed by atoms with Crippen molar-refractivity contribution in [3.05, 3.63) is 35.9 Å². The monoisotopic (exact) mass is 243 g/mol. The van der Waals surface area contributed by atoms with Gasteiger partial charge in [0.05, 0.1) is 0 Å². The summed E-state index contributed by atoms with van der Waals surface area (Å²) in [5.41, 5.74) is 0.758. The van der Waals surface area contributed by atoms with Crippen molar-refractivity contribution in [1.29, 1.82) is 0 Å². The summed E-state index contributed by atoms with van der Waals surface area (Å²) in [4.78, 5) is 0. The summed E-state index contributed by atoms with van der Waals surface area (Å²) in [5, 5.41) is 3.15. The first-order chi connectivity index (χ1) is 7.08. The van der Waals surface area contributed by atoms with Gasteiger partial charge in [0.25, 0.3) is 6.64 Å². The van der Waals surface area contributed by atoms with Crippen LogP contribution in [0.2, 0.25) is 0 Å². The molecule has 0 spiro atoms. The SMILES string of the molecule is COP1(=S)NCC(C)(c2ccccc2)O1. The van der Waals surface area contributed by atoms with Crippen LogP contribution in [0.5, 0.6) is 0 Å². The Labute approximate surface area is 95.0 Å². The van der Waals surface area contributed by atoms with Gasteiger partial charge in [0, 0.05) is 13.7 Å². The second-order valence-corrected chi connectivity index (χ2v) is 7.00. The van der Waals surface area contributed by atoms with E-state index in [9.17, 15) is 0 Å². The highest BCUT2D eigenvalue weighted by Gasteiger charge is 2.41. The molecule has 0 radical (unpaired) electrons. The van der Waals surface area contributed by atoms with E-state index in [1.165, 1.54) is 0 Å². The minimum atomic E-state index is -2.25. The fourth-order valence-electron chi connectivity index (χ4n) is 1.62. The quantitative estimate of drug-likeness (QED) is 0.808. The van der Waals surface area contributed by atoms with Crippen LogP contribution in [0.1, 0.15) is 12.5 Å². The number of hydrogen-bond donors (Lipinski definition) is 1. The molecule has 0 bridgehead atoms. The van der Waals surface area contributed by atoms with E-state index in [1.807, 2.05) is 37.3 Å². The van der Waals surface area contributed by atoms with Crippen LogP contribution in [0.3, 0.4) is 0 Å². The molecule has 1 aromatic carbocycles. The third-order valence-electron chi connectivity index (χ3n) is 2.56. The van der Waals surface area contributed by atoms with Gasteiger partial charge < -0.3 is 9.05 Å². The third kappa shape index (κ3) is 2.14. The van der Waals surface area contributed by atoms with Crippen molar-refractivity contribution >= 4 is 18.4 Å². The summed E-state index contributed by atoms with van der Waals surface area (Å²) in [6, 6.07) is 10.1. The Balaban J connectivity index is 2.28. The minimum Gasteiger partial charge on any atom is -0.321 e. The molecule has 1 N–H and O–H groups in total. The van der Waals surface area contributed by atoms with Crippen LogP contribution in [0.4, 0.5) is 0 Å². The van der Waals surface area contributed by atoms with Crippen molar-refractivity contribution in [1.82, 2.24) is 5.09 Å². The molecule has 0 saturated carbocycles. The molecule has 2 rings (SSSR count). The Morgan fingerprint density at radius 2 is 2.13 bits per heavy atom. The molecule has 2 atom stereocenters. The highest BCUT2D eigenvalue weighted by molar-refractivity contribution is 8.09. The van der Waals surface area contributed by atoms with Crippen molar-refractivity contribution < 1.29 is 9.05 Å². The molecule has 5 heteroatoms. The van der Waals surface area contributed by atoms with Gasteiger partial charge in [-0.2, -0.15) is 0 Å². The maximum Gasteiger partial charge on any atom is 0.261 e. The third-order valence-corrected chi connectivity index (χ3v) is 5.28. The Morgan fingerprint density at radius 1 is 1.47 bits per heavy atom. The lowest BCUT2D eigenvalue weighted by atomic mass is 9.97. The molecule has 1 heterocycles. The zero-order chi connectivity index (χ0) is 10.9. The number of benzene rings is 1. The molecule has 1 aliphatic rings. The topological polar surface area (TPSA) is 30.5 Å². The fraction of sp³-hybridized carbons (Fsp3) is 0.400. The smallest absolute Gasteiger partial charge is 0.261 e. The average molecular weight is 243 g/mol. The lowest BCUT2D eigenvalue weighted by molar-refractivity contribution is 0.122. The summed E-state index contributed by atoms with van der Waals surface area (Å²) in [7, 11) is 1.59. The largest absolute Gasteiger partial charge is 0.321 e. The number of nitrogens with one attached hydrogen (secondary N) is 1. The van der Waals surface area contributed by atoms with Crippen molar-refractivity contribution in [3.8, 4) is 0 Å². The molecule has 0 aromatic heterocycles. The fourth-order valence-corrected chi connectivity index (χ4v) is 3.78. The van der Waals surface area contributed by atoms with Crippen LogP contribution in [-0.2, 0) is 26.5 Å². The van der Waals surface area contributed by atoms with Crippen LogP contribution in [0.15, 0.2) is 30.3 Å². The molecule has 3 nitrogen and oxygen atoms in total. The van der Waals surface area contributed by atoms with Gasteiger partial charge >= 0.3 is 0 Å². The van der Waals surface area contributed by atoms with Crippen LogP contribution in [0, 0.1) is 0 Å². The van der Waals surface area contributed by atoms with Crippen LogP contribution < -0.4 is 5.09 Å². The van der Waals surface area contributed by atoms with Gasteiger partial charge in [-0.3, -0.25) is 0 Å². The molecular weight excluding hydrogens is 229 g/mol. The standard InChI is InChI=1S/C10H14NO2PS/c1-10(9-6-4-3-5-7-9)8-11-14(15,12-2)13-10/h3-7H,8H2,1-2H3,(H,11,15). The average Bonchev–Trinajstić information content (AvgIpc) is 2.59. The van der Waals surface area contributed by atoms with Crippen LogP contribution in [0.25, 0.3) is 0 Å². The summed E-state index contributed by atoms with van der Waals surface area (Å²) in [6.07, 6.45) is 0. The van der Waals surface area contributed by atoms with Crippen molar-refractivity contribution in [3.63, 3.8) is 0 Å². The van der Waals surface area contributed by atoms with Crippen molar-refractivity contribution in [2.45, 2.75) is 12.5 Å². The summed E-state index contributed by atoms with van der Waals surface area (Å²) >= 11 is 5.27. The maximum absolute atomic E-state index is 5.86. The van der Waals surface area contributed by atoms with Gasteiger partial charge in [0.1, 0.15) is 5.60 Å². The number of hydrogen-bond acceptors (Lipinski definition) is 3. The number of rotatable bonds is 2. The molecule has 1 aliphatic heterocycles. The van der Waals surface area contributed by atoms with Gasteiger partial charge in [-0.15, -0.1) is 0 Å². The van der Waals surface area contributed by atoms with E-state index in [4.69, 9.17) is 20.9 Å². The molecular formula is C10H14NO2PS. The van der Waals surface area contributed by atoms with E-state index in [1.54, 1.807) is 7.11 Å². The molecule has 1 fully saturated rings. The van der Waals surface area contributed by atoms with Gasteiger partial charge in [-0.05, 0) is 24.3 Å². The summed E-state index contributed by atoms with van der Waals surface area (Å²) in [6.45, 7) is 0.472. The first-order valence-electron chi connectivity index (χ1n) is 4.75. The van der Waals surface area contributed by atoms with E-state index < -0.39 is 6.64 Å². The molecule has 0 amide bonds. The molecule has 1 saturated heterocycles. The second-order valence-electron chi connectivity index (χ2n) is 3.70. The van der Waals surface area contributed by atoms with E-state index in [0.29, 0.717) is 6.54 Å². The predicted octanol–water partition coefficient (Wildman–Crippen LogP) is 2.39.